The Balaban J connectivity index is 1.68. The molecule has 0 aliphatic carbocycles. The van der Waals surface area contributed by atoms with E-state index >= 15 is 0 Å². The Morgan fingerprint density at radius 2 is 1.73 bits per heavy atom. The lowest BCUT2D eigenvalue weighted by Crippen LogP contribution is -2.02. The highest BCUT2D eigenvalue weighted by Gasteiger charge is 2.08. The van der Waals surface area contributed by atoms with Crippen LogP contribution in [0.2, 0.25) is 0 Å². The molecule has 0 aliphatic heterocycles. The molecule has 0 bridgehead atoms. The van der Waals surface area contributed by atoms with Crippen molar-refractivity contribution in [3.63, 3.8) is 0 Å². The zero-order valence-corrected chi connectivity index (χ0v) is 11.6. The normalized spacial score (nSPS) is 10.4. The zero-order chi connectivity index (χ0) is 15.9. The third kappa shape index (κ3) is 4.27. The molecule has 2 aromatic rings. The van der Waals surface area contributed by atoms with Crippen LogP contribution in [0.15, 0.2) is 36.7 Å². The molecule has 0 spiro atoms. The van der Waals surface area contributed by atoms with E-state index in [0.29, 0.717) is 18.9 Å². The van der Waals surface area contributed by atoms with E-state index in [9.17, 15) is 20.2 Å². The maximum Gasteiger partial charge on any atom is 0.306 e. The maximum atomic E-state index is 10.5. The van der Waals surface area contributed by atoms with Crippen molar-refractivity contribution in [2.75, 3.05) is 6.61 Å². The molecule has 0 amide bonds. The van der Waals surface area contributed by atoms with E-state index in [2.05, 4.69) is 5.10 Å². The van der Waals surface area contributed by atoms with Crippen LogP contribution in [0.1, 0.15) is 12.8 Å². The van der Waals surface area contributed by atoms with Crippen LogP contribution in [-0.4, -0.2) is 26.2 Å². The summed E-state index contributed by atoms with van der Waals surface area (Å²) in [5, 5.41) is 24.9. The first kappa shape index (κ1) is 15.4. The predicted molar refractivity (Wildman–Crippen MR) is 76.7 cm³/mol. The minimum atomic E-state index is -0.485. The van der Waals surface area contributed by atoms with E-state index in [0.717, 1.165) is 12.8 Å². The lowest BCUT2D eigenvalue weighted by Gasteiger charge is -2.05. The van der Waals surface area contributed by atoms with Gasteiger partial charge in [0.15, 0.2) is 0 Å². The van der Waals surface area contributed by atoms with Gasteiger partial charge in [-0.25, -0.2) is 0 Å². The van der Waals surface area contributed by atoms with Crippen molar-refractivity contribution in [2.45, 2.75) is 19.4 Å². The molecule has 0 atom stereocenters. The summed E-state index contributed by atoms with van der Waals surface area (Å²) in [5.74, 6) is 0.570. The fraction of sp³-hybridized carbons (Fsp3) is 0.308. The topological polar surface area (TPSA) is 113 Å². The highest BCUT2D eigenvalue weighted by atomic mass is 16.6. The molecular formula is C13H14N4O5. The minimum absolute atomic E-state index is 0.0210. The summed E-state index contributed by atoms with van der Waals surface area (Å²) >= 11 is 0. The van der Waals surface area contributed by atoms with E-state index in [1.807, 2.05) is 0 Å². The molecule has 0 N–H and O–H groups in total. The minimum Gasteiger partial charge on any atom is -0.494 e. The van der Waals surface area contributed by atoms with Crippen LogP contribution in [0.4, 0.5) is 11.4 Å². The second-order valence-corrected chi connectivity index (χ2v) is 4.53. The molecule has 9 nitrogen and oxygen atoms in total. The van der Waals surface area contributed by atoms with Crippen molar-refractivity contribution in [1.29, 1.82) is 0 Å². The number of hydrogen-bond donors (Lipinski definition) is 0. The summed E-state index contributed by atoms with van der Waals surface area (Å²) < 4.78 is 6.98. The van der Waals surface area contributed by atoms with Crippen molar-refractivity contribution in [3.8, 4) is 5.75 Å². The first-order valence-electron chi connectivity index (χ1n) is 6.60. The SMILES string of the molecule is O=[N+]([O-])c1ccc(OCCCCn2cc([N+](=O)[O-])cn2)cc1. The number of aryl methyl sites for hydroxylation is 1. The van der Waals surface area contributed by atoms with Crippen molar-refractivity contribution >= 4 is 11.4 Å². The summed E-state index contributed by atoms with van der Waals surface area (Å²) in [6, 6.07) is 5.88. The van der Waals surface area contributed by atoms with Crippen molar-refractivity contribution < 1.29 is 14.6 Å². The van der Waals surface area contributed by atoms with E-state index in [4.69, 9.17) is 4.74 Å². The van der Waals surface area contributed by atoms with Crippen LogP contribution in [-0.2, 0) is 6.54 Å². The van der Waals surface area contributed by atoms with E-state index in [1.165, 1.54) is 29.2 Å². The van der Waals surface area contributed by atoms with Crippen LogP contribution >= 0.6 is 0 Å². The molecular weight excluding hydrogens is 292 g/mol. The molecule has 0 saturated carbocycles. The molecule has 1 aromatic heterocycles. The van der Waals surface area contributed by atoms with Crippen LogP contribution in [0.3, 0.4) is 0 Å². The van der Waals surface area contributed by atoms with Crippen molar-refractivity contribution in [1.82, 2.24) is 9.78 Å². The summed E-state index contributed by atoms with van der Waals surface area (Å²) in [7, 11) is 0. The molecule has 22 heavy (non-hydrogen) atoms. The zero-order valence-electron chi connectivity index (χ0n) is 11.6. The van der Waals surface area contributed by atoms with Crippen molar-refractivity contribution in [2.24, 2.45) is 0 Å². The Hall–Kier alpha value is -2.97. The fourth-order valence-electron chi connectivity index (χ4n) is 1.80. The van der Waals surface area contributed by atoms with Gasteiger partial charge in [-0.15, -0.1) is 0 Å². The van der Waals surface area contributed by atoms with E-state index in [1.54, 1.807) is 12.1 Å². The van der Waals surface area contributed by atoms with Crippen molar-refractivity contribution in [3.05, 3.63) is 56.9 Å². The number of nitrogens with zero attached hydrogens (tertiary/aromatic N) is 4. The van der Waals surface area contributed by atoms with Crippen LogP contribution in [0.25, 0.3) is 0 Å². The molecule has 1 heterocycles. The first-order chi connectivity index (χ1) is 10.6. The lowest BCUT2D eigenvalue weighted by atomic mass is 10.3. The number of hydrogen-bond acceptors (Lipinski definition) is 6. The molecule has 1 aromatic carbocycles. The molecule has 0 radical (unpaired) electrons. The number of aromatic nitrogens is 2. The summed E-state index contributed by atoms with van der Waals surface area (Å²) in [6.45, 7) is 1.03. The average molecular weight is 306 g/mol. The van der Waals surface area contributed by atoms with Gasteiger partial charge in [0, 0.05) is 18.7 Å². The van der Waals surface area contributed by atoms with Gasteiger partial charge < -0.3 is 4.74 Å². The molecule has 0 fully saturated rings. The lowest BCUT2D eigenvalue weighted by molar-refractivity contribution is -0.385. The molecule has 0 saturated heterocycles. The summed E-state index contributed by atoms with van der Waals surface area (Å²) in [5.41, 5.74) is -0.00486. The Morgan fingerprint density at radius 3 is 2.32 bits per heavy atom. The van der Waals surface area contributed by atoms with Gasteiger partial charge in [-0.05, 0) is 25.0 Å². The van der Waals surface area contributed by atoms with Gasteiger partial charge in [-0.3, -0.25) is 24.9 Å². The Bertz CT molecular complexity index is 653. The third-order valence-electron chi connectivity index (χ3n) is 2.93. The highest BCUT2D eigenvalue weighted by Crippen LogP contribution is 2.17. The van der Waals surface area contributed by atoms with Crippen LogP contribution in [0, 0.1) is 20.2 Å². The van der Waals surface area contributed by atoms with E-state index in [-0.39, 0.29) is 11.4 Å². The number of non-ortho nitro benzene ring substituents is 1. The maximum absolute atomic E-state index is 10.5. The van der Waals surface area contributed by atoms with Gasteiger partial charge in [0.2, 0.25) is 0 Å². The third-order valence-corrected chi connectivity index (χ3v) is 2.93. The largest absolute Gasteiger partial charge is 0.494 e. The van der Waals surface area contributed by atoms with Gasteiger partial charge in [0.1, 0.15) is 18.1 Å². The van der Waals surface area contributed by atoms with Gasteiger partial charge in [0.05, 0.1) is 16.5 Å². The van der Waals surface area contributed by atoms with Crippen LogP contribution < -0.4 is 4.74 Å². The number of ether oxygens (including phenoxy) is 1. The fourth-order valence-corrected chi connectivity index (χ4v) is 1.80. The molecule has 0 unspecified atom stereocenters. The number of benzene rings is 1. The highest BCUT2D eigenvalue weighted by molar-refractivity contribution is 5.35. The Kier molecular flexibility index (Phi) is 5.02. The number of unbranched alkanes of at least 4 members (excludes halogenated alkanes) is 1. The van der Waals surface area contributed by atoms with E-state index < -0.39 is 9.85 Å². The molecule has 0 aliphatic rings. The molecule has 9 heteroatoms. The quantitative estimate of drug-likeness (QED) is 0.420. The average Bonchev–Trinajstić information content (AvgIpc) is 2.96. The van der Waals surface area contributed by atoms with Gasteiger partial charge in [-0.2, -0.15) is 5.10 Å². The smallest absolute Gasteiger partial charge is 0.306 e. The second kappa shape index (κ2) is 7.16. The first-order valence-corrected chi connectivity index (χ1v) is 6.60. The number of rotatable bonds is 8. The van der Waals surface area contributed by atoms with Gasteiger partial charge in [0.25, 0.3) is 5.69 Å². The monoisotopic (exact) mass is 306 g/mol. The molecule has 116 valence electrons. The number of nitro benzene ring substituents is 1. The Morgan fingerprint density at radius 1 is 1.05 bits per heavy atom. The van der Waals surface area contributed by atoms with Gasteiger partial charge >= 0.3 is 5.69 Å². The molecule has 2 rings (SSSR count). The standard InChI is InChI=1S/C13H14N4O5/c18-16(19)11-3-5-13(6-4-11)22-8-2-1-7-15-10-12(9-14-15)17(20)21/h3-6,9-10H,1-2,7-8H2. The summed E-state index contributed by atoms with van der Waals surface area (Å²) in [6.07, 6.45) is 4.10. The number of nitro groups is 2. The Labute approximate surface area is 125 Å². The second-order valence-electron chi connectivity index (χ2n) is 4.53. The summed E-state index contributed by atoms with van der Waals surface area (Å²) in [4.78, 5) is 20.1. The van der Waals surface area contributed by atoms with Gasteiger partial charge in [-0.1, -0.05) is 0 Å². The predicted octanol–water partition coefficient (Wildman–Crippen LogP) is 2.56. The van der Waals surface area contributed by atoms with Crippen LogP contribution in [0.5, 0.6) is 5.75 Å².